The lowest BCUT2D eigenvalue weighted by Crippen LogP contribution is -2.52. The second-order valence-corrected chi connectivity index (χ2v) is 4.33. The molecule has 1 fully saturated rings. The molecule has 0 aliphatic carbocycles. The first-order valence-corrected chi connectivity index (χ1v) is 5.59. The number of rotatable bonds is 2. The van der Waals surface area contributed by atoms with Crippen LogP contribution in [-0.4, -0.2) is 39.9 Å². The number of nitrogens with one attached hydrogen (secondary N) is 1. The van der Waals surface area contributed by atoms with Gasteiger partial charge in [-0.25, -0.2) is 9.97 Å². The van der Waals surface area contributed by atoms with Gasteiger partial charge in [-0.15, -0.1) is 0 Å². The number of aromatic nitrogens is 2. The number of nitrogens with two attached hydrogens (primary N) is 1. The third-order valence-corrected chi connectivity index (χ3v) is 2.53. The van der Waals surface area contributed by atoms with Gasteiger partial charge in [-0.05, 0) is 13.0 Å². The molecule has 0 saturated carbocycles. The second-order valence-electron chi connectivity index (χ2n) is 3.89. The highest BCUT2D eigenvalue weighted by atomic mass is 32.1. The predicted octanol–water partition coefficient (Wildman–Crippen LogP) is -1.12. The summed E-state index contributed by atoms with van der Waals surface area (Å²) in [5.41, 5.74) is 6.60. The van der Waals surface area contributed by atoms with Crippen molar-refractivity contribution in [1.29, 1.82) is 0 Å². The molecule has 0 unspecified atom stereocenters. The van der Waals surface area contributed by atoms with Gasteiger partial charge in [0.15, 0.2) is 0 Å². The van der Waals surface area contributed by atoms with Crippen LogP contribution in [0.25, 0.3) is 0 Å². The van der Waals surface area contributed by atoms with Gasteiger partial charge in [0.1, 0.15) is 23.8 Å². The average Bonchev–Trinajstić information content (AvgIpc) is 2.26. The second kappa shape index (κ2) is 4.65. The summed E-state index contributed by atoms with van der Waals surface area (Å²) in [4.78, 5) is 32.5. The van der Waals surface area contributed by atoms with Crippen LogP contribution in [0.4, 0.5) is 5.95 Å². The lowest BCUT2D eigenvalue weighted by Gasteiger charge is -2.25. The number of amides is 2. The quantitative estimate of drug-likeness (QED) is 0.516. The van der Waals surface area contributed by atoms with Crippen molar-refractivity contribution in [3.63, 3.8) is 0 Å². The number of hydrogen-bond acceptors (Lipinski definition) is 6. The molecule has 3 N–H and O–H groups in total. The summed E-state index contributed by atoms with van der Waals surface area (Å²) in [6.45, 7) is 1.83. The Labute approximate surface area is 108 Å². The maximum absolute atomic E-state index is 11.3. The highest BCUT2D eigenvalue weighted by molar-refractivity contribution is 7.80. The standard InChI is InChI=1S/C10H11N5O2S/c1-5-2-6(9(11)18)13-10(12-5)15-3-7(16)14-8(17)4-15/h2H,3-4H2,1H3,(H2,11,18)(H,14,16,17). The van der Waals surface area contributed by atoms with E-state index in [0.29, 0.717) is 11.4 Å². The molecule has 1 aromatic heterocycles. The van der Waals surface area contributed by atoms with Gasteiger partial charge in [0, 0.05) is 5.69 Å². The fraction of sp³-hybridized carbons (Fsp3) is 0.300. The molecule has 0 radical (unpaired) electrons. The third-order valence-electron chi connectivity index (χ3n) is 2.33. The molecule has 7 nitrogen and oxygen atoms in total. The van der Waals surface area contributed by atoms with Crippen molar-refractivity contribution in [2.24, 2.45) is 5.73 Å². The van der Waals surface area contributed by atoms with E-state index >= 15 is 0 Å². The van der Waals surface area contributed by atoms with E-state index in [4.69, 9.17) is 18.0 Å². The lowest BCUT2D eigenvalue weighted by molar-refractivity contribution is -0.130. The number of thiocarbonyl (C=S) groups is 1. The van der Waals surface area contributed by atoms with Crippen LogP contribution >= 0.6 is 12.2 Å². The molecule has 94 valence electrons. The number of piperazine rings is 1. The summed E-state index contributed by atoms with van der Waals surface area (Å²) in [5.74, 6) is -0.484. The van der Waals surface area contributed by atoms with E-state index in [1.165, 1.54) is 4.90 Å². The Morgan fingerprint density at radius 2 is 2.00 bits per heavy atom. The minimum absolute atomic E-state index is 0.0337. The topological polar surface area (TPSA) is 101 Å². The zero-order valence-corrected chi connectivity index (χ0v) is 10.5. The van der Waals surface area contributed by atoms with Gasteiger partial charge >= 0.3 is 0 Å². The Balaban J connectivity index is 2.35. The largest absolute Gasteiger partial charge is 0.388 e. The number of imide groups is 1. The molecular formula is C10H11N5O2S. The van der Waals surface area contributed by atoms with Crippen molar-refractivity contribution in [1.82, 2.24) is 15.3 Å². The minimum Gasteiger partial charge on any atom is -0.388 e. The first-order chi connectivity index (χ1) is 8.45. The molecule has 0 spiro atoms. The van der Waals surface area contributed by atoms with Crippen LogP contribution in [0.2, 0.25) is 0 Å². The SMILES string of the molecule is Cc1cc(C(N)=S)nc(N2CC(=O)NC(=O)C2)n1. The van der Waals surface area contributed by atoms with Gasteiger partial charge in [-0.1, -0.05) is 12.2 Å². The fourth-order valence-electron chi connectivity index (χ4n) is 1.60. The molecular weight excluding hydrogens is 254 g/mol. The maximum atomic E-state index is 11.3. The van der Waals surface area contributed by atoms with Gasteiger partial charge in [0.25, 0.3) is 0 Å². The van der Waals surface area contributed by atoms with Gasteiger partial charge in [-0.2, -0.15) is 0 Å². The minimum atomic E-state index is -0.381. The summed E-state index contributed by atoms with van der Waals surface area (Å²) >= 11 is 4.85. The fourth-order valence-corrected chi connectivity index (χ4v) is 1.70. The number of hydrogen-bond donors (Lipinski definition) is 2. The van der Waals surface area contributed by atoms with Crippen molar-refractivity contribution in [3.05, 3.63) is 17.5 Å². The van der Waals surface area contributed by atoms with E-state index in [-0.39, 0.29) is 35.8 Å². The molecule has 0 bridgehead atoms. The van der Waals surface area contributed by atoms with Crippen molar-refractivity contribution in [3.8, 4) is 0 Å². The van der Waals surface area contributed by atoms with Crippen LogP contribution in [0.15, 0.2) is 6.07 Å². The van der Waals surface area contributed by atoms with E-state index in [2.05, 4.69) is 15.3 Å². The van der Waals surface area contributed by atoms with Gasteiger partial charge in [-0.3, -0.25) is 14.9 Å². The Hall–Kier alpha value is -2.09. The highest BCUT2D eigenvalue weighted by Crippen LogP contribution is 2.11. The number of aryl methyl sites for hydroxylation is 1. The van der Waals surface area contributed by atoms with Crippen LogP contribution in [0.1, 0.15) is 11.4 Å². The molecule has 18 heavy (non-hydrogen) atoms. The summed E-state index contributed by atoms with van der Waals surface area (Å²) in [5, 5.41) is 2.21. The van der Waals surface area contributed by atoms with Crippen LogP contribution < -0.4 is 16.0 Å². The molecule has 1 aliphatic rings. The number of carbonyl (C=O) groups is 2. The molecule has 1 saturated heterocycles. The molecule has 2 rings (SSSR count). The first kappa shape index (κ1) is 12.4. The Bertz CT molecular complexity index is 529. The van der Waals surface area contributed by atoms with Crippen molar-refractivity contribution >= 4 is 35.0 Å². The van der Waals surface area contributed by atoms with Crippen LogP contribution in [0, 0.1) is 6.92 Å². The molecule has 1 aromatic rings. The summed E-state index contributed by atoms with van der Waals surface area (Å²) in [7, 11) is 0. The Kier molecular flexibility index (Phi) is 3.19. The van der Waals surface area contributed by atoms with Crippen molar-refractivity contribution < 1.29 is 9.59 Å². The summed E-state index contributed by atoms with van der Waals surface area (Å²) in [6, 6.07) is 1.65. The molecule has 2 heterocycles. The van der Waals surface area contributed by atoms with E-state index in [1.54, 1.807) is 13.0 Å². The first-order valence-electron chi connectivity index (χ1n) is 5.19. The van der Waals surface area contributed by atoms with Gasteiger partial charge in [0.05, 0.1) is 0 Å². The predicted molar refractivity (Wildman–Crippen MR) is 68.0 cm³/mol. The molecule has 1 aliphatic heterocycles. The molecule has 2 amide bonds. The van der Waals surface area contributed by atoms with E-state index in [0.717, 1.165) is 0 Å². The molecule has 8 heteroatoms. The van der Waals surface area contributed by atoms with E-state index < -0.39 is 0 Å². The smallest absolute Gasteiger partial charge is 0.246 e. The summed E-state index contributed by atoms with van der Waals surface area (Å²) < 4.78 is 0. The van der Waals surface area contributed by atoms with Crippen LogP contribution in [0.3, 0.4) is 0 Å². The maximum Gasteiger partial charge on any atom is 0.246 e. The van der Waals surface area contributed by atoms with Crippen LogP contribution in [0.5, 0.6) is 0 Å². The number of nitrogens with zero attached hydrogens (tertiary/aromatic N) is 3. The zero-order valence-electron chi connectivity index (χ0n) is 9.64. The summed E-state index contributed by atoms with van der Waals surface area (Å²) in [6.07, 6.45) is 0. The Morgan fingerprint density at radius 1 is 1.39 bits per heavy atom. The van der Waals surface area contributed by atoms with Crippen molar-refractivity contribution in [2.45, 2.75) is 6.92 Å². The van der Waals surface area contributed by atoms with Gasteiger partial charge in [0.2, 0.25) is 17.8 Å². The van der Waals surface area contributed by atoms with Crippen molar-refractivity contribution in [2.75, 3.05) is 18.0 Å². The average molecular weight is 265 g/mol. The van der Waals surface area contributed by atoms with E-state index in [1.807, 2.05) is 0 Å². The normalized spacial score (nSPS) is 15.5. The molecule has 0 atom stereocenters. The van der Waals surface area contributed by atoms with Crippen LogP contribution in [-0.2, 0) is 9.59 Å². The van der Waals surface area contributed by atoms with E-state index in [9.17, 15) is 9.59 Å². The number of anilines is 1. The zero-order chi connectivity index (χ0) is 13.3. The van der Waals surface area contributed by atoms with Gasteiger partial charge < -0.3 is 10.6 Å². The lowest BCUT2D eigenvalue weighted by atomic mass is 10.3. The number of carbonyl (C=O) groups excluding carboxylic acids is 2. The molecule has 0 aromatic carbocycles. The highest BCUT2D eigenvalue weighted by Gasteiger charge is 2.24. The Morgan fingerprint density at radius 3 is 2.56 bits per heavy atom. The third kappa shape index (κ3) is 2.59. The monoisotopic (exact) mass is 265 g/mol.